The molecule has 5 nitrogen and oxygen atoms in total. The summed E-state index contributed by atoms with van der Waals surface area (Å²) in [5.41, 5.74) is 0.933. The van der Waals surface area contributed by atoms with E-state index in [-0.39, 0.29) is 30.2 Å². The molecule has 1 fully saturated rings. The Balaban J connectivity index is 1.95. The van der Waals surface area contributed by atoms with E-state index in [9.17, 15) is 14.4 Å². The van der Waals surface area contributed by atoms with Crippen LogP contribution in [0.15, 0.2) is 22.9 Å². The van der Waals surface area contributed by atoms with E-state index in [0.717, 1.165) is 5.56 Å². The topological polar surface area (TPSA) is 66.5 Å². The Morgan fingerprint density at radius 2 is 2.25 bits per heavy atom. The van der Waals surface area contributed by atoms with Gasteiger partial charge in [0.1, 0.15) is 6.04 Å². The summed E-state index contributed by atoms with van der Waals surface area (Å²) in [4.78, 5) is 36.6. The summed E-state index contributed by atoms with van der Waals surface area (Å²) >= 11 is 1.54. The van der Waals surface area contributed by atoms with Gasteiger partial charge in [-0.2, -0.15) is 11.3 Å². The molecule has 106 valence electrons. The molecule has 6 heteroatoms. The Labute approximate surface area is 121 Å². The van der Waals surface area contributed by atoms with Crippen molar-refractivity contribution in [1.82, 2.24) is 10.2 Å². The number of thiophene rings is 1. The molecule has 0 bridgehead atoms. The van der Waals surface area contributed by atoms with Crippen molar-refractivity contribution in [3.05, 3.63) is 28.5 Å². The number of imide groups is 1. The van der Waals surface area contributed by atoms with E-state index in [2.05, 4.69) is 5.32 Å². The van der Waals surface area contributed by atoms with Crippen molar-refractivity contribution in [2.24, 2.45) is 0 Å². The lowest BCUT2D eigenvalue weighted by atomic mass is 10.2. The Hall–Kier alpha value is -1.95. The van der Waals surface area contributed by atoms with Crippen molar-refractivity contribution in [2.75, 3.05) is 0 Å². The third-order valence-corrected chi connectivity index (χ3v) is 3.69. The molecule has 1 N–H and O–H groups in total. The maximum absolute atomic E-state index is 12.0. The van der Waals surface area contributed by atoms with Crippen LogP contribution in [-0.4, -0.2) is 34.7 Å². The molecule has 0 radical (unpaired) electrons. The van der Waals surface area contributed by atoms with Crippen LogP contribution < -0.4 is 5.32 Å². The number of hydrogen-bond acceptors (Lipinski definition) is 4. The predicted octanol–water partition coefficient (Wildman–Crippen LogP) is 1.41. The lowest BCUT2D eigenvalue weighted by molar-refractivity contribution is -0.141. The lowest BCUT2D eigenvalue weighted by Crippen LogP contribution is -2.43. The largest absolute Gasteiger partial charge is 0.340 e. The summed E-state index contributed by atoms with van der Waals surface area (Å²) in [6, 6.07) is 0.960. The van der Waals surface area contributed by atoms with Gasteiger partial charge in [-0.1, -0.05) is 0 Å². The number of carbonyl (C=O) groups is 3. The molecule has 0 spiro atoms. The van der Waals surface area contributed by atoms with Gasteiger partial charge in [-0.3, -0.25) is 19.3 Å². The van der Waals surface area contributed by atoms with E-state index in [0.29, 0.717) is 0 Å². The monoisotopic (exact) mass is 292 g/mol. The molecule has 1 aliphatic heterocycles. The highest BCUT2D eigenvalue weighted by atomic mass is 32.1. The van der Waals surface area contributed by atoms with Crippen LogP contribution in [0.3, 0.4) is 0 Å². The number of nitrogens with zero attached hydrogens (tertiary/aromatic N) is 1. The van der Waals surface area contributed by atoms with Crippen molar-refractivity contribution in [3.63, 3.8) is 0 Å². The van der Waals surface area contributed by atoms with Crippen molar-refractivity contribution in [2.45, 2.75) is 32.4 Å². The molecule has 3 amide bonds. The summed E-state index contributed by atoms with van der Waals surface area (Å²) in [7, 11) is 0. The van der Waals surface area contributed by atoms with Gasteiger partial charge in [0.25, 0.3) is 5.91 Å². The molecule has 0 aromatic carbocycles. The Morgan fingerprint density at radius 1 is 1.50 bits per heavy atom. The first-order valence-electron chi connectivity index (χ1n) is 6.35. The summed E-state index contributed by atoms with van der Waals surface area (Å²) in [5, 5.41) is 6.40. The Kier molecular flexibility index (Phi) is 4.34. The van der Waals surface area contributed by atoms with E-state index in [1.165, 1.54) is 22.3 Å². The highest BCUT2D eigenvalue weighted by Gasteiger charge is 2.40. The van der Waals surface area contributed by atoms with Gasteiger partial charge in [0, 0.05) is 12.1 Å². The standard InChI is InChI=1S/C14H16N2O3S/c1-9(2)16-13(18)7-11(14(16)19)15-12(17)4-3-10-5-6-20-8-10/h3-6,8-9,11H,7H2,1-2H3,(H,15,17)/b4-3+/t11-/m1/s1. The summed E-state index contributed by atoms with van der Waals surface area (Å²) < 4.78 is 0. The zero-order valence-corrected chi connectivity index (χ0v) is 12.1. The fraction of sp³-hybridized carbons (Fsp3) is 0.357. The maximum atomic E-state index is 12.0. The van der Waals surface area contributed by atoms with Crippen LogP contribution in [0.5, 0.6) is 0 Å². The lowest BCUT2D eigenvalue weighted by Gasteiger charge is -2.18. The molecular formula is C14H16N2O3S. The molecule has 1 aromatic heterocycles. The van der Waals surface area contributed by atoms with Gasteiger partial charge >= 0.3 is 0 Å². The van der Waals surface area contributed by atoms with E-state index < -0.39 is 6.04 Å². The molecule has 1 saturated heterocycles. The SMILES string of the molecule is CC(C)N1C(=O)C[C@@H](NC(=O)/C=C/c2ccsc2)C1=O. The zero-order valence-electron chi connectivity index (χ0n) is 11.3. The minimum atomic E-state index is -0.746. The molecule has 1 aliphatic rings. The number of amides is 3. The molecule has 0 aliphatic carbocycles. The van der Waals surface area contributed by atoms with Gasteiger partial charge in [0.2, 0.25) is 11.8 Å². The first-order valence-corrected chi connectivity index (χ1v) is 7.30. The van der Waals surface area contributed by atoms with Crippen molar-refractivity contribution < 1.29 is 14.4 Å². The smallest absolute Gasteiger partial charge is 0.252 e. The number of hydrogen-bond donors (Lipinski definition) is 1. The molecule has 20 heavy (non-hydrogen) atoms. The van der Waals surface area contributed by atoms with Crippen LogP contribution in [0.25, 0.3) is 6.08 Å². The predicted molar refractivity (Wildman–Crippen MR) is 76.9 cm³/mol. The number of likely N-dealkylation sites (tertiary alicyclic amines) is 1. The van der Waals surface area contributed by atoms with Crippen LogP contribution in [0.2, 0.25) is 0 Å². The summed E-state index contributed by atoms with van der Waals surface area (Å²) in [6.07, 6.45) is 3.08. The van der Waals surface area contributed by atoms with Gasteiger partial charge in [-0.15, -0.1) is 0 Å². The fourth-order valence-corrected chi connectivity index (χ4v) is 2.70. The van der Waals surface area contributed by atoms with Crippen molar-refractivity contribution in [1.29, 1.82) is 0 Å². The molecule has 2 rings (SSSR count). The maximum Gasteiger partial charge on any atom is 0.252 e. The van der Waals surface area contributed by atoms with Crippen LogP contribution >= 0.6 is 11.3 Å². The van der Waals surface area contributed by atoms with E-state index in [1.54, 1.807) is 19.9 Å². The number of rotatable bonds is 4. The molecule has 1 atom stereocenters. The molecule has 1 aromatic rings. The quantitative estimate of drug-likeness (QED) is 0.674. The second kappa shape index (κ2) is 6.00. The van der Waals surface area contributed by atoms with Crippen molar-refractivity contribution >= 4 is 35.1 Å². The highest BCUT2D eigenvalue weighted by Crippen LogP contribution is 2.16. The van der Waals surface area contributed by atoms with Gasteiger partial charge in [-0.25, -0.2) is 0 Å². The molecular weight excluding hydrogens is 276 g/mol. The van der Waals surface area contributed by atoms with E-state index in [4.69, 9.17) is 0 Å². The summed E-state index contributed by atoms with van der Waals surface area (Å²) in [5.74, 6) is -0.938. The summed E-state index contributed by atoms with van der Waals surface area (Å²) in [6.45, 7) is 3.55. The normalized spacial score (nSPS) is 19.4. The van der Waals surface area contributed by atoms with Gasteiger partial charge < -0.3 is 5.32 Å². The molecule has 0 saturated carbocycles. The fourth-order valence-electron chi connectivity index (χ4n) is 2.07. The third-order valence-electron chi connectivity index (χ3n) is 2.99. The van der Waals surface area contributed by atoms with E-state index in [1.807, 2.05) is 16.8 Å². The Bertz CT molecular complexity index is 549. The second-order valence-corrected chi connectivity index (χ2v) is 5.63. The van der Waals surface area contributed by atoms with E-state index >= 15 is 0 Å². The van der Waals surface area contributed by atoms with Gasteiger partial charge in [0.15, 0.2) is 0 Å². The average Bonchev–Trinajstić information content (AvgIpc) is 2.96. The highest BCUT2D eigenvalue weighted by molar-refractivity contribution is 7.08. The zero-order chi connectivity index (χ0) is 14.7. The van der Waals surface area contributed by atoms with Crippen molar-refractivity contribution in [3.8, 4) is 0 Å². The first kappa shape index (κ1) is 14.5. The molecule has 0 unspecified atom stereocenters. The molecule has 2 heterocycles. The Morgan fingerprint density at radius 3 is 2.80 bits per heavy atom. The minimum absolute atomic E-state index is 0.0368. The van der Waals surface area contributed by atoms with Gasteiger partial charge in [0.05, 0.1) is 6.42 Å². The number of carbonyl (C=O) groups excluding carboxylic acids is 3. The first-order chi connectivity index (χ1) is 9.49. The van der Waals surface area contributed by atoms with Crippen LogP contribution in [0.1, 0.15) is 25.8 Å². The third kappa shape index (κ3) is 3.14. The van der Waals surface area contributed by atoms with Crippen LogP contribution in [0.4, 0.5) is 0 Å². The second-order valence-electron chi connectivity index (χ2n) is 4.85. The van der Waals surface area contributed by atoms with Crippen LogP contribution in [-0.2, 0) is 14.4 Å². The van der Waals surface area contributed by atoms with Crippen LogP contribution in [0, 0.1) is 0 Å². The number of nitrogens with one attached hydrogen (secondary N) is 1. The average molecular weight is 292 g/mol. The minimum Gasteiger partial charge on any atom is -0.340 e. The van der Waals surface area contributed by atoms with Gasteiger partial charge in [-0.05, 0) is 42.3 Å².